The number of aromatic nitrogens is 1. The second kappa shape index (κ2) is 10.4. The molecule has 0 amide bonds. The number of allylic oxidation sites excluding steroid dienone is 3. The van der Waals surface area contributed by atoms with E-state index < -0.39 is 6.17 Å². The summed E-state index contributed by atoms with van der Waals surface area (Å²) in [6.07, 6.45) is 7.19. The van der Waals surface area contributed by atoms with Gasteiger partial charge in [-0.25, -0.2) is 9.37 Å². The zero-order valence-corrected chi connectivity index (χ0v) is 20.7. The standard InChI is InChI=1S/C29H35FN4/c1-6-34-27(24-13-20(3)14-25(30)16-24)9-10-29(34)32-18-22(5)33-28-17-23(11-12-31-28)26-15-19(2)7-8-21(26)4/h7-8,11-15,17,25,27H,5-6,9-10,16,18H2,1-4H3,(H,31,33)/b32-29-. The van der Waals surface area contributed by atoms with Crippen LogP contribution in [-0.4, -0.2) is 41.0 Å². The summed E-state index contributed by atoms with van der Waals surface area (Å²) in [5, 5.41) is 3.33. The van der Waals surface area contributed by atoms with Gasteiger partial charge < -0.3 is 10.2 Å². The Morgan fingerprint density at radius 2 is 2.06 bits per heavy atom. The molecule has 1 fully saturated rings. The van der Waals surface area contributed by atoms with Crippen LogP contribution in [0.2, 0.25) is 0 Å². The Bertz CT molecular complexity index is 1160. The molecule has 0 radical (unpaired) electrons. The van der Waals surface area contributed by atoms with Crippen LogP contribution < -0.4 is 5.32 Å². The maximum Gasteiger partial charge on any atom is 0.130 e. The third kappa shape index (κ3) is 5.46. The number of rotatable bonds is 7. The van der Waals surface area contributed by atoms with Gasteiger partial charge in [-0.05, 0) is 74.6 Å². The number of pyridine rings is 1. The van der Waals surface area contributed by atoms with Crippen molar-refractivity contribution in [1.29, 1.82) is 0 Å². The van der Waals surface area contributed by atoms with E-state index in [1.165, 1.54) is 22.3 Å². The van der Waals surface area contributed by atoms with Gasteiger partial charge in [-0.15, -0.1) is 0 Å². The monoisotopic (exact) mass is 458 g/mol. The first-order valence-corrected chi connectivity index (χ1v) is 12.2. The summed E-state index contributed by atoms with van der Waals surface area (Å²) in [6, 6.07) is 10.8. The molecule has 5 heteroatoms. The van der Waals surface area contributed by atoms with Crippen molar-refractivity contribution in [3.05, 3.63) is 83.2 Å². The van der Waals surface area contributed by atoms with E-state index in [0.717, 1.165) is 47.9 Å². The predicted octanol–water partition coefficient (Wildman–Crippen LogP) is 6.79. The number of halogens is 1. The highest BCUT2D eigenvalue weighted by Crippen LogP contribution is 2.32. The molecule has 2 aromatic rings. The molecular formula is C29H35FN4. The number of aryl methyl sites for hydroxylation is 2. The van der Waals surface area contributed by atoms with Crippen molar-refractivity contribution in [3.63, 3.8) is 0 Å². The second-order valence-electron chi connectivity index (χ2n) is 9.40. The van der Waals surface area contributed by atoms with Crippen molar-refractivity contribution in [3.8, 4) is 11.1 Å². The van der Waals surface area contributed by atoms with Gasteiger partial charge in [0.05, 0.1) is 18.4 Å². The number of nitrogens with one attached hydrogen (secondary N) is 1. The van der Waals surface area contributed by atoms with Crippen molar-refractivity contribution in [2.75, 3.05) is 18.4 Å². The van der Waals surface area contributed by atoms with Crippen molar-refractivity contribution in [1.82, 2.24) is 9.88 Å². The van der Waals surface area contributed by atoms with Gasteiger partial charge >= 0.3 is 0 Å². The molecule has 34 heavy (non-hydrogen) atoms. The van der Waals surface area contributed by atoms with E-state index in [9.17, 15) is 4.39 Å². The fourth-order valence-electron chi connectivity index (χ4n) is 5.03. The van der Waals surface area contributed by atoms with Crippen LogP contribution in [0.15, 0.2) is 77.1 Å². The minimum atomic E-state index is -0.879. The second-order valence-corrected chi connectivity index (χ2v) is 9.40. The molecule has 2 unspecified atom stereocenters. The Hall–Kier alpha value is -3.21. The zero-order chi connectivity index (χ0) is 24.2. The van der Waals surface area contributed by atoms with Gasteiger partial charge in [-0.3, -0.25) is 4.99 Å². The van der Waals surface area contributed by atoms with Crippen LogP contribution in [0.4, 0.5) is 10.2 Å². The van der Waals surface area contributed by atoms with Crippen molar-refractivity contribution in [2.45, 2.75) is 59.2 Å². The topological polar surface area (TPSA) is 40.5 Å². The third-order valence-electron chi connectivity index (χ3n) is 6.63. The average molecular weight is 459 g/mol. The molecule has 1 saturated heterocycles. The molecule has 4 rings (SSSR count). The molecule has 1 aliphatic carbocycles. The molecule has 2 aliphatic rings. The van der Waals surface area contributed by atoms with Crippen LogP contribution in [0.25, 0.3) is 11.1 Å². The number of likely N-dealkylation sites (N-methyl/N-ethyl adjacent to an activating group) is 1. The van der Waals surface area contributed by atoms with Crippen LogP contribution >= 0.6 is 0 Å². The fraction of sp³-hybridized carbons (Fsp3) is 0.379. The van der Waals surface area contributed by atoms with Crippen LogP contribution in [-0.2, 0) is 0 Å². The zero-order valence-electron chi connectivity index (χ0n) is 20.7. The van der Waals surface area contributed by atoms with Crippen molar-refractivity contribution >= 4 is 11.7 Å². The number of aliphatic imine (C=N–C) groups is 1. The van der Waals surface area contributed by atoms with Crippen LogP contribution in [0.3, 0.4) is 0 Å². The van der Waals surface area contributed by atoms with Crippen molar-refractivity contribution < 1.29 is 4.39 Å². The predicted molar refractivity (Wildman–Crippen MR) is 141 cm³/mol. The number of likely N-dealkylation sites (tertiary alicyclic amines) is 1. The van der Waals surface area contributed by atoms with E-state index in [0.29, 0.717) is 13.0 Å². The molecule has 1 aromatic carbocycles. The third-order valence-corrected chi connectivity index (χ3v) is 6.63. The Balaban J connectivity index is 1.42. The molecule has 4 nitrogen and oxygen atoms in total. The Labute approximate surface area is 203 Å². The van der Waals surface area contributed by atoms with E-state index in [-0.39, 0.29) is 6.04 Å². The van der Waals surface area contributed by atoms with Gasteiger partial charge in [0, 0.05) is 31.3 Å². The van der Waals surface area contributed by atoms with E-state index in [2.05, 4.69) is 72.9 Å². The lowest BCUT2D eigenvalue weighted by atomic mass is 9.92. The lowest BCUT2D eigenvalue weighted by Crippen LogP contribution is -2.35. The molecule has 178 valence electrons. The van der Waals surface area contributed by atoms with Gasteiger partial charge in [0.15, 0.2) is 0 Å². The first kappa shape index (κ1) is 23.9. The van der Waals surface area contributed by atoms with Gasteiger partial charge in [-0.2, -0.15) is 0 Å². The summed E-state index contributed by atoms with van der Waals surface area (Å²) in [7, 11) is 0. The van der Waals surface area contributed by atoms with Gasteiger partial charge in [0.25, 0.3) is 0 Å². The Morgan fingerprint density at radius 1 is 1.24 bits per heavy atom. The number of alkyl halides is 1. The molecule has 0 saturated carbocycles. The van der Waals surface area contributed by atoms with Gasteiger partial charge in [-0.1, -0.05) is 42.0 Å². The first-order valence-electron chi connectivity index (χ1n) is 12.2. The lowest BCUT2D eigenvalue weighted by molar-refractivity contribution is 0.342. The highest BCUT2D eigenvalue weighted by atomic mass is 19.1. The highest BCUT2D eigenvalue weighted by Gasteiger charge is 2.32. The maximum absolute atomic E-state index is 14.1. The largest absolute Gasteiger partial charge is 0.354 e. The maximum atomic E-state index is 14.1. The summed E-state index contributed by atoms with van der Waals surface area (Å²) in [6.45, 7) is 13.9. The number of hydrogen-bond donors (Lipinski definition) is 1. The summed E-state index contributed by atoms with van der Waals surface area (Å²) in [4.78, 5) is 11.7. The molecule has 1 aromatic heterocycles. The summed E-state index contributed by atoms with van der Waals surface area (Å²) in [5.41, 5.74) is 7.82. The number of benzene rings is 1. The SMILES string of the molecule is C=C(C/N=C1/CCC(C2=CC(C)=CC(F)C2)N1CC)Nc1cc(-c2cc(C)ccc2C)ccn1. The van der Waals surface area contributed by atoms with E-state index in [1.807, 2.05) is 19.2 Å². The molecule has 1 N–H and O–H groups in total. The summed E-state index contributed by atoms with van der Waals surface area (Å²) >= 11 is 0. The summed E-state index contributed by atoms with van der Waals surface area (Å²) < 4.78 is 14.1. The average Bonchev–Trinajstić information content (AvgIpc) is 3.22. The minimum absolute atomic E-state index is 0.239. The normalized spacial score (nSPS) is 21.4. The minimum Gasteiger partial charge on any atom is -0.354 e. The smallest absolute Gasteiger partial charge is 0.130 e. The van der Waals surface area contributed by atoms with Gasteiger partial charge in [0.2, 0.25) is 0 Å². The van der Waals surface area contributed by atoms with Gasteiger partial charge in [0.1, 0.15) is 12.0 Å². The van der Waals surface area contributed by atoms with Crippen LogP contribution in [0, 0.1) is 13.8 Å². The number of hydrogen-bond acceptors (Lipinski definition) is 3. The molecule has 0 spiro atoms. The van der Waals surface area contributed by atoms with E-state index in [1.54, 1.807) is 6.08 Å². The Morgan fingerprint density at radius 3 is 2.82 bits per heavy atom. The molecular weight excluding hydrogens is 423 g/mol. The number of amidine groups is 1. The summed E-state index contributed by atoms with van der Waals surface area (Å²) in [5.74, 6) is 1.85. The van der Waals surface area contributed by atoms with Crippen LogP contribution in [0.1, 0.15) is 44.2 Å². The van der Waals surface area contributed by atoms with Crippen molar-refractivity contribution in [2.24, 2.45) is 4.99 Å². The Kier molecular flexibility index (Phi) is 7.30. The highest BCUT2D eigenvalue weighted by molar-refractivity contribution is 5.85. The molecule has 0 bridgehead atoms. The first-order chi connectivity index (χ1) is 16.3. The molecule has 2 heterocycles. The van der Waals surface area contributed by atoms with E-state index >= 15 is 0 Å². The quantitative estimate of drug-likeness (QED) is 0.497. The lowest BCUT2D eigenvalue weighted by Gasteiger charge is -2.30. The number of anilines is 1. The number of nitrogens with zero attached hydrogens (tertiary/aromatic N) is 3. The van der Waals surface area contributed by atoms with E-state index in [4.69, 9.17) is 4.99 Å². The molecule has 2 atom stereocenters. The molecule has 1 aliphatic heterocycles. The fourth-order valence-corrected chi connectivity index (χ4v) is 5.03. The van der Waals surface area contributed by atoms with Crippen LogP contribution in [0.5, 0.6) is 0 Å².